The molecule has 1 amide bonds. The summed E-state index contributed by atoms with van der Waals surface area (Å²) in [4.78, 5) is 14.2. The number of nitrogens with one attached hydrogen (secondary N) is 1. The van der Waals surface area contributed by atoms with Gasteiger partial charge in [-0.15, -0.1) is 0 Å². The van der Waals surface area contributed by atoms with Crippen LogP contribution in [0.4, 0.5) is 0 Å². The van der Waals surface area contributed by atoms with E-state index in [4.69, 9.17) is 0 Å². The first kappa shape index (κ1) is 13.1. The van der Waals surface area contributed by atoms with Gasteiger partial charge in [0.1, 0.15) is 0 Å². The summed E-state index contributed by atoms with van der Waals surface area (Å²) < 4.78 is 0. The van der Waals surface area contributed by atoms with Crippen LogP contribution >= 0.6 is 0 Å². The summed E-state index contributed by atoms with van der Waals surface area (Å²) >= 11 is 0. The van der Waals surface area contributed by atoms with E-state index in [9.17, 15) is 4.79 Å². The molecule has 1 aliphatic rings. The van der Waals surface area contributed by atoms with Gasteiger partial charge in [-0.3, -0.25) is 4.79 Å². The zero-order chi connectivity index (χ0) is 13.0. The first-order valence-electron chi connectivity index (χ1n) is 6.71. The minimum absolute atomic E-state index is 0.255. The molecule has 0 aromatic heterocycles. The van der Waals surface area contributed by atoms with E-state index >= 15 is 0 Å². The number of hydrogen-bond donors (Lipinski definition) is 1. The minimum Gasteiger partial charge on any atom is -0.341 e. The number of amides is 1. The van der Waals surface area contributed by atoms with E-state index in [0.29, 0.717) is 6.42 Å². The van der Waals surface area contributed by atoms with Gasteiger partial charge in [-0.25, -0.2) is 0 Å². The van der Waals surface area contributed by atoms with Crippen molar-refractivity contribution >= 4 is 5.91 Å². The second-order valence-electron chi connectivity index (χ2n) is 5.09. The highest BCUT2D eigenvalue weighted by molar-refractivity contribution is 5.79. The average molecular weight is 246 g/mol. The lowest BCUT2D eigenvalue weighted by atomic mass is 10.0. The number of rotatable bonds is 2. The highest BCUT2D eigenvalue weighted by Crippen LogP contribution is 2.12. The van der Waals surface area contributed by atoms with Crippen LogP contribution in [0.1, 0.15) is 23.1 Å². The number of hydrogen-bond acceptors (Lipinski definition) is 2. The fraction of sp³-hybridized carbons (Fsp3) is 0.533. The third-order valence-corrected chi connectivity index (χ3v) is 3.53. The van der Waals surface area contributed by atoms with Crippen LogP contribution in [0.15, 0.2) is 18.2 Å². The van der Waals surface area contributed by atoms with Crippen LogP contribution in [0.5, 0.6) is 0 Å². The lowest BCUT2D eigenvalue weighted by molar-refractivity contribution is -0.130. The van der Waals surface area contributed by atoms with Gasteiger partial charge in [0, 0.05) is 19.6 Å². The molecule has 3 heteroatoms. The van der Waals surface area contributed by atoms with E-state index in [1.165, 1.54) is 11.1 Å². The Kier molecular flexibility index (Phi) is 4.37. The van der Waals surface area contributed by atoms with Crippen LogP contribution in [0, 0.1) is 13.8 Å². The number of nitrogens with zero attached hydrogens (tertiary/aromatic N) is 1. The molecule has 0 bridgehead atoms. The maximum absolute atomic E-state index is 12.3. The fourth-order valence-electron chi connectivity index (χ4n) is 2.41. The molecule has 1 heterocycles. The van der Waals surface area contributed by atoms with Crippen LogP contribution in [0.25, 0.3) is 0 Å². The molecule has 0 radical (unpaired) electrons. The van der Waals surface area contributed by atoms with Crippen LogP contribution < -0.4 is 5.32 Å². The fourth-order valence-corrected chi connectivity index (χ4v) is 2.41. The lowest BCUT2D eigenvalue weighted by Gasteiger charge is -2.20. The Morgan fingerprint density at radius 2 is 2.11 bits per heavy atom. The number of aryl methyl sites for hydroxylation is 2. The molecule has 1 N–H and O–H groups in total. The van der Waals surface area contributed by atoms with Gasteiger partial charge in [-0.05, 0) is 37.9 Å². The first-order valence-corrected chi connectivity index (χ1v) is 6.71. The lowest BCUT2D eigenvalue weighted by Crippen LogP contribution is -2.35. The molecule has 18 heavy (non-hydrogen) atoms. The third kappa shape index (κ3) is 3.33. The van der Waals surface area contributed by atoms with Crippen molar-refractivity contribution in [1.29, 1.82) is 0 Å². The highest BCUT2D eigenvalue weighted by Gasteiger charge is 2.16. The Hall–Kier alpha value is -1.35. The van der Waals surface area contributed by atoms with Gasteiger partial charge in [0.2, 0.25) is 5.91 Å². The van der Waals surface area contributed by atoms with Crippen molar-refractivity contribution in [3.8, 4) is 0 Å². The van der Waals surface area contributed by atoms with Gasteiger partial charge in [0.05, 0.1) is 6.42 Å². The predicted molar refractivity (Wildman–Crippen MR) is 73.7 cm³/mol. The predicted octanol–water partition coefficient (Wildman–Crippen LogP) is 1.67. The molecule has 1 aromatic carbocycles. The second kappa shape index (κ2) is 6.01. The van der Waals surface area contributed by atoms with Gasteiger partial charge in [0.15, 0.2) is 0 Å². The summed E-state index contributed by atoms with van der Waals surface area (Å²) in [6, 6.07) is 6.31. The van der Waals surface area contributed by atoms with Crippen LogP contribution in [-0.4, -0.2) is 37.0 Å². The molecule has 98 valence electrons. The normalized spacial score (nSPS) is 16.4. The molecule has 1 aliphatic heterocycles. The largest absolute Gasteiger partial charge is 0.341 e. The maximum Gasteiger partial charge on any atom is 0.227 e. The average Bonchev–Trinajstić information content (AvgIpc) is 2.61. The van der Waals surface area contributed by atoms with Crippen molar-refractivity contribution in [3.05, 3.63) is 34.9 Å². The van der Waals surface area contributed by atoms with Crippen molar-refractivity contribution in [2.45, 2.75) is 26.7 Å². The molecular formula is C15H22N2O. The van der Waals surface area contributed by atoms with Gasteiger partial charge in [-0.2, -0.15) is 0 Å². The molecule has 0 saturated carbocycles. The minimum atomic E-state index is 0.255. The van der Waals surface area contributed by atoms with Crippen molar-refractivity contribution in [1.82, 2.24) is 10.2 Å². The number of carbonyl (C=O) groups is 1. The summed E-state index contributed by atoms with van der Waals surface area (Å²) in [7, 11) is 0. The molecule has 0 atom stereocenters. The molecule has 0 aliphatic carbocycles. The number of benzene rings is 1. The smallest absolute Gasteiger partial charge is 0.227 e. The molecular weight excluding hydrogens is 224 g/mol. The summed E-state index contributed by atoms with van der Waals surface area (Å²) in [5, 5.41) is 3.32. The van der Waals surface area contributed by atoms with E-state index in [1.807, 2.05) is 4.90 Å². The van der Waals surface area contributed by atoms with E-state index in [1.54, 1.807) is 0 Å². The molecule has 1 fully saturated rings. The Bertz CT molecular complexity index is 421. The maximum atomic E-state index is 12.3. The zero-order valence-electron chi connectivity index (χ0n) is 11.3. The standard InChI is InChI=1S/C15H22N2O/c1-12-4-5-14(13(2)10-12)11-15(18)17-8-3-6-16-7-9-17/h4-5,10,16H,3,6-9,11H2,1-2H3. The Morgan fingerprint density at radius 1 is 1.28 bits per heavy atom. The summed E-state index contributed by atoms with van der Waals surface area (Å²) in [6.07, 6.45) is 1.59. The quantitative estimate of drug-likeness (QED) is 0.861. The monoisotopic (exact) mass is 246 g/mol. The van der Waals surface area contributed by atoms with Crippen molar-refractivity contribution in [2.75, 3.05) is 26.2 Å². The van der Waals surface area contributed by atoms with Crippen molar-refractivity contribution in [2.24, 2.45) is 0 Å². The van der Waals surface area contributed by atoms with E-state index in [-0.39, 0.29) is 5.91 Å². The highest BCUT2D eigenvalue weighted by atomic mass is 16.2. The Labute approximate surface area is 109 Å². The molecule has 0 unspecified atom stereocenters. The molecule has 1 saturated heterocycles. The summed E-state index contributed by atoms with van der Waals surface area (Å²) in [5.74, 6) is 0.255. The van der Waals surface area contributed by atoms with Crippen molar-refractivity contribution < 1.29 is 4.79 Å². The van der Waals surface area contributed by atoms with Gasteiger partial charge < -0.3 is 10.2 Å². The number of carbonyl (C=O) groups excluding carboxylic acids is 1. The van der Waals surface area contributed by atoms with Crippen LogP contribution in [0.2, 0.25) is 0 Å². The molecule has 0 spiro atoms. The molecule has 3 nitrogen and oxygen atoms in total. The van der Waals surface area contributed by atoms with Gasteiger partial charge in [0.25, 0.3) is 0 Å². The van der Waals surface area contributed by atoms with Gasteiger partial charge >= 0.3 is 0 Å². The SMILES string of the molecule is Cc1ccc(CC(=O)N2CCCNCC2)c(C)c1. The van der Waals surface area contributed by atoms with E-state index in [0.717, 1.165) is 38.2 Å². The van der Waals surface area contributed by atoms with Crippen LogP contribution in [-0.2, 0) is 11.2 Å². The van der Waals surface area contributed by atoms with E-state index in [2.05, 4.69) is 37.4 Å². The Morgan fingerprint density at radius 3 is 2.89 bits per heavy atom. The summed E-state index contributed by atoms with van der Waals surface area (Å²) in [6.45, 7) is 7.82. The first-order chi connectivity index (χ1) is 8.66. The molecule has 2 rings (SSSR count). The molecule has 1 aromatic rings. The van der Waals surface area contributed by atoms with Crippen molar-refractivity contribution in [3.63, 3.8) is 0 Å². The second-order valence-corrected chi connectivity index (χ2v) is 5.09. The summed E-state index contributed by atoms with van der Waals surface area (Å²) in [5.41, 5.74) is 3.63. The topological polar surface area (TPSA) is 32.3 Å². The van der Waals surface area contributed by atoms with E-state index < -0.39 is 0 Å². The van der Waals surface area contributed by atoms with Gasteiger partial charge in [-0.1, -0.05) is 23.8 Å². The Balaban J connectivity index is 2.01. The van der Waals surface area contributed by atoms with Crippen LogP contribution in [0.3, 0.4) is 0 Å². The zero-order valence-corrected chi connectivity index (χ0v) is 11.3. The third-order valence-electron chi connectivity index (χ3n) is 3.53.